The second-order valence-corrected chi connectivity index (χ2v) is 8.98. The van der Waals surface area contributed by atoms with Crippen LogP contribution >= 0.6 is 0 Å². The summed E-state index contributed by atoms with van der Waals surface area (Å²) in [6, 6.07) is 6.54. The van der Waals surface area contributed by atoms with E-state index < -0.39 is 17.6 Å². The molecule has 3 heterocycles. The minimum Gasteiger partial charge on any atom is -0.335 e. The lowest BCUT2D eigenvalue weighted by atomic mass is 9.86. The third-order valence-electron chi connectivity index (χ3n) is 6.55. The number of carbonyl (C=O) groups is 1. The maximum absolute atomic E-state index is 14.3. The number of aromatic nitrogens is 3. The lowest BCUT2D eigenvalue weighted by molar-refractivity contribution is -0.137. The Morgan fingerprint density at radius 2 is 1.89 bits per heavy atom. The van der Waals surface area contributed by atoms with Gasteiger partial charge in [-0.3, -0.25) is 9.78 Å². The second-order valence-electron chi connectivity index (χ2n) is 8.98. The molecule has 3 aromatic rings. The Morgan fingerprint density at radius 1 is 1.14 bits per heavy atom. The fraction of sp³-hybridized carbons (Fsp3) is 0.385. The number of halogens is 4. The van der Waals surface area contributed by atoms with E-state index in [1.165, 1.54) is 18.2 Å². The van der Waals surface area contributed by atoms with E-state index in [1.807, 2.05) is 4.90 Å². The molecule has 0 unspecified atom stereocenters. The van der Waals surface area contributed by atoms with Crippen LogP contribution < -0.4 is 0 Å². The molecule has 5 nitrogen and oxygen atoms in total. The van der Waals surface area contributed by atoms with E-state index in [4.69, 9.17) is 0 Å². The lowest BCUT2D eigenvalue weighted by Crippen LogP contribution is -2.48. The molecule has 184 valence electrons. The van der Waals surface area contributed by atoms with Crippen molar-refractivity contribution < 1.29 is 22.4 Å². The Balaban J connectivity index is 1.60. The number of alkyl halides is 3. The maximum atomic E-state index is 14.3. The first-order chi connectivity index (χ1) is 16.6. The first-order valence-electron chi connectivity index (χ1n) is 11.6. The van der Waals surface area contributed by atoms with Crippen molar-refractivity contribution in [2.24, 2.45) is 5.92 Å². The third kappa shape index (κ3) is 5.49. The van der Waals surface area contributed by atoms with Crippen molar-refractivity contribution in [1.82, 2.24) is 19.9 Å². The van der Waals surface area contributed by atoms with Gasteiger partial charge in [0.05, 0.1) is 11.1 Å². The minimum atomic E-state index is -4.43. The Morgan fingerprint density at radius 3 is 2.54 bits per heavy atom. The largest absolute Gasteiger partial charge is 0.417 e. The first kappa shape index (κ1) is 24.8. The average Bonchev–Trinajstić information content (AvgIpc) is 2.82. The maximum Gasteiger partial charge on any atom is 0.417 e. The van der Waals surface area contributed by atoms with E-state index in [9.17, 15) is 22.4 Å². The molecule has 0 saturated carbocycles. The quantitative estimate of drug-likeness (QED) is 0.423. The fourth-order valence-electron chi connectivity index (χ4n) is 4.76. The normalized spacial score (nSPS) is 18.5. The molecular weight excluding hydrogens is 460 g/mol. The van der Waals surface area contributed by atoms with Crippen LogP contribution in [0, 0.1) is 18.7 Å². The number of rotatable bonds is 5. The Bertz CT molecular complexity index is 1180. The highest BCUT2D eigenvalue weighted by Crippen LogP contribution is 2.33. The number of amides is 1. The van der Waals surface area contributed by atoms with Crippen LogP contribution in [0.1, 0.15) is 53.4 Å². The molecule has 35 heavy (non-hydrogen) atoms. The van der Waals surface area contributed by atoms with E-state index >= 15 is 0 Å². The molecule has 4 rings (SSSR count). The number of likely N-dealkylation sites (tertiary alicyclic amines) is 1. The third-order valence-corrected chi connectivity index (χ3v) is 6.55. The Labute approximate surface area is 201 Å². The summed E-state index contributed by atoms with van der Waals surface area (Å²) >= 11 is 0. The van der Waals surface area contributed by atoms with Crippen LogP contribution in [0.2, 0.25) is 0 Å². The smallest absolute Gasteiger partial charge is 0.335 e. The van der Waals surface area contributed by atoms with Gasteiger partial charge < -0.3 is 4.90 Å². The Hall–Kier alpha value is -3.36. The molecule has 2 atom stereocenters. The van der Waals surface area contributed by atoms with Crippen LogP contribution in [0.25, 0.3) is 11.4 Å². The predicted molar refractivity (Wildman–Crippen MR) is 123 cm³/mol. The summed E-state index contributed by atoms with van der Waals surface area (Å²) in [5.74, 6) is -0.228. The summed E-state index contributed by atoms with van der Waals surface area (Å²) in [7, 11) is 0. The van der Waals surface area contributed by atoms with Crippen LogP contribution in [0.4, 0.5) is 17.6 Å². The molecule has 0 spiro atoms. The van der Waals surface area contributed by atoms with Gasteiger partial charge in [-0.05, 0) is 74.4 Å². The summed E-state index contributed by atoms with van der Waals surface area (Å²) in [4.78, 5) is 28.1. The number of pyridine rings is 1. The number of nitrogens with zero attached hydrogens (tertiary/aromatic N) is 4. The van der Waals surface area contributed by atoms with Crippen LogP contribution in [-0.4, -0.2) is 38.3 Å². The summed E-state index contributed by atoms with van der Waals surface area (Å²) in [5.41, 5.74) is 0.962. The highest BCUT2D eigenvalue weighted by molar-refractivity contribution is 6.01. The highest BCUT2D eigenvalue weighted by Gasteiger charge is 2.34. The van der Waals surface area contributed by atoms with Crippen molar-refractivity contribution in [2.45, 2.75) is 51.7 Å². The van der Waals surface area contributed by atoms with Crippen molar-refractivity contribution >= 4 is 5.91 Å². The van der Waals surface area contributed by atoms with E-state index in [0.29, 0.717) is 41.8 Å². The van der Waals surface area contributed by atoms with Crippen molar-refractivity contribution in [3.8, 4) is 11.4 Å². The van der Waals surface area contributed by atoms with Crippen molar-refractivity contribution in [3.05, 3.63) is 77.1 Å². The monoisotopic (exact) mass is 486 g/mol. The summed E-state index contributed by atoms with van der Waals surface area (Å²) in [5, 5.41) is 0. The number of benzene rings is 1. The van der Waals surface area contributed by atoms with E-state index in [-0.39, 0.29) is 23.7 Å². The second kappa shape index (κ2) is 10.1. The van der Waals surface area contributed by atoms with Gasteiger partial charge in [-0.15, -0.1) is 0 Å². The molecule has 0 N–H and O–H groups in total. The topological polar surface area (TPSA) is 59.0 Å². The number of hydrogen-bond acceptors (Lipinski definition) is 4. The number of carbonyl (C=O) groups excluding carboxylic acids is 1. The molecular formula is C26H26F4N4O. The van der Waals surface area contributed by atoms with Gasteiger partial charge >= 0.3 is 6.18 Å². The number of aryl methyl sites for hydroxylation is 2. The average molecular weight is 487 g/mol. The molecule has 1 aliphatic heterocycles. The molecule has 1 amide bonds. The predicted octanol–water partition coefficient (Wildman–Crippen LogP) is 5.88. The lowest BCUT2D eigenvalue weighted by Gasteiger charge is -2.40. The van der Waals surface area contributed by atoms with E-state index in [1.54, 1.807) is 25.4 Å². The molecule has 0 radical (unpaired) electrons. The van der Waals surface area contributed by atoms with Gasteiger partial charge in [0.1, 0.15) is 5.82 Å². The van der Waals surface area contributed by atoms with Crippen LogP contribution in [0.15, 0.2) is 48.9 Å². The van der Waals surface area contributed by atoms with Gasteiger partial charge in [-0.25, -0.2) is 14.4 Å². The van der Waals surface area contributed by atoms with Gasteiger partial charge in [0.15, 0.2) is 5.82 Å². The molecule has 0 bridgehead atoms. The molecule has 9 heteroatoms. The molecule has 1 aliphatic rings. The summed E-state index contributed by atoms with van der Waals surface area (Å²) in [6.07, 6.45) is 2.26. The number of piperidine rings is 1. The number of hydrogen-bond donors (Lipinski definition) is 0. The van der Waals surface area contributed by atoms with Crippen LogP contribution in [-0.2, 0) is 12.6 Å². The highest BCUT2D eigenvalue weighted by atomic mass is 19.4. The first-order valence-corrected chi connectivity index (χ1v) is 11.6. The fourth-order valence-corrected chi connectivity index (χ4v) is 4.76. The van der Waals surface area contributed by atoms with Gasteiger partial charge in [-0.2, -0.15) is 13.2 Å². The minimum absolute atomic E-state index is 0.130. The van der Waals surface area contributed by atoms with Gasteiger partial charge in [0.25, 0.3) is 5.91 Å². The van der Waals surface area contributed by atoms with Gasteiger partial charge in [-0.1, -0.05) is 6.92 Å². The van der Waals surface area contributed by atoms with Crippen molar-refractivity contribution in [1.29, 1.82) is 0 Å². The zero-order chi connectivity index (χ0) is 25.2. The van der Waals surface area contributed by atoms with E-state index in [0.717, 1.165) is 25.1 Å². The van der Waals surface area contributed by atoms with E-state index in [2.05, 4.69) is 21.9 Å². The van der Waals surface area contributed by atoms with Crippen LogP contribution in [0.5, 0.6) is 0 Å². The van der Waals surface area contributed by atoms with Gasteiger partial charge in [0.2, 0.25) is 0 Å². The van der Waals surface area contributed by atoms with Crippen LogP contribution in [0.3, 0.4) is 0 Å². The molecule has 1 fully saturated rings. The van der Waals surface area contributed by atoms with Gasteiger partial charge in [0, 0.05) is 42.4 Å². The van der Waals surface area contributed by atoms with Crippen molar-refractivity contribution in [3.63, 3.8) is 0 Å². The zero-order valence-corrected chi connectivity index (χ0v) is 19.5. The SMILES string of the molecule is Cc1cc(F)cc(-c2ncccn2)c1C(=O)N1CCC[C@@H](C)[C@H]1CCc1ccc(C(F)(F)F)cn1. The molecule has 1 saturated heterocycles. The Kier molecular flexibility index (Phi) is 7.14. The van der Waals surface area contributed by atoms with Crippen molar-refractivity contribution in [2.75, 3.05) is 6.54 Å². The standard InChI is InChI=1S/C26H26F4N4O/c1-16-5-3-12-34(22(16)9-8-20-7-6-18(15-33-20)26(28,29)30)25(35)23-17(2)13-19(27)14-21(23)24-31-10-4-11-32-24/h4,6-7,10-11,13-16,22H,3,5,8-9,12H2,1-2H3/t16-,22-/m1/s1. The molecule has 0 aliphatic carbocycles. The zero-order valence-electron chi connectivity index (χ0n) is 19.5. The molecule has 2 aromatic heterocycles. The summed E-state index contributed by atoms with van der Waals surface area (Å²) < 4.78 is 52.8. The summed E-state index contributed by atoms with van der Waals surface area (Å²) in [6.45, 7) is 4.31. The molecule has 1 aromatic carbocycles.